The van der Waals surface area contributed by atoms with Gasteiger partial charge in [0.25, 0.3) is 0 Å². The molecule has 1 N–H and O–H groups in total. The van der Waals surface area contributed by atoms with E-state index in [2.05, 4.69) is 10.3 Å². The highest BCUT2D eigenvalue weighted by atomic mass is 32.1. The zero-order chi connectivity index (χ0) is 14.7. The van der Waals surface area contributed by atoms with Gasteiger partial charge in [-0.25, -0.2) is 4.98 Å². The first-order valence-corrected chi connectivity index (χ1v) is 7.21. The summed E-state index contributed by atoms with van der Waals surface area (Å²) in [4.78, 5) is 5.46. The smallest absolute Gasteiger partial charge is 0.312 e. The highest BCUT2D eigenvalue weighted by Gasteiger charge is 2.28. The van der Waals surface area contributed by atoms with E-state index in [4.69, 9.17) is 0 Å². The number of thiazole rings is 1. The van der Waals surface area contributed by atoms with Gasteiger partial charge in [0.2, 0.25) is 0 Å². The number of hydrogen-bond donors (Lipinski definition) is 1. The first-order valence-electron chi connectivity index (χ1n) is 6.40. The van der Waals surface area contributed by atoms with Crippen LogP contribution in [0.2, 0.25) is 0 Å². The lowest BCUT2D eigenvalue weighted by Gasteiger charge is -2.17. The summed E-state index contributed by atoms with van der Waals surface area (Å²) in [7, 11) is 0. The summed E-state index contributed by atoms with van der Waals surface area (Å²) in [6.07, 6.45) is -4.94. The van der Waals surface area contributed by atoms with Gasteiger partial charge < -0.3 is 5.32 Å². The molecule has 0 spiro atoms. The van der Waals surface area contributed by atoms with Crippen LogP contribution in [0.1, 0.15) is 49.7 Å². The van der Waals surface area contributed by atoms with Gasteiger partial charge in [0.05, 0.1) is 10.7 Å². The molecule has 1 rings (SSSR count). The van der Waals surface area contributed by atoms with E-state index in [0.717, 1.165) is 17.1 Å². The van der Waals surface area contributed by atoms with Crippen molar-refractivity contribution < 1.29 is 13.2 Å². The molecule has 0 aliphatic heterocycles. The van der Waals surface area contributed by atoms with Gasteiger partial charge in [0.1, 0.15) is 0 Å². The number of rotatable bonds is 5. The van der Waals surface area contributed by atoms with E-state index in [1.54, 1.807) is 0 Å². The second-order valence-electron chi connectivity index (χ2n) is 5.52. The van der Waals surface area contributed by atoms with Crippen LogP contribution in [0.3, 0.4) is 0 Å². The van der Waals surface area contributed by atoms with Gasteiger partial charge in [0, 0.05) is 29.7 Å². The van der Waals surface area contributed by atoms with Crippen LogP contribution < -0.4 is 5.32 Å². The van der Waals surface area contributed by atoms with E-state index in [-0.39, 0.29) is 11.8 Å². The van der Waals surface area contributed by atoms with Crippen LogP contribution in [0, 0.1) is 0 Å². The second kappa shape index (κ2) is 6.22. The van der Waals surface area contributed by atoms with Gasteiger partial charge in [-0.15, -0.1) is 11.3 Å². The maximum Gasteiger partial charge on any atom is 0.389 e. The third kappa shape index (κ3) is 5.48. The van der Waals surface area contributed by atoms with Crippen LogP contribution in [-0.2, 0) is 18.4 Å². The molecule has 0 aliphatic rings. The zero-order valence-electron chi connectivity index (χ0n) is 11.8. The fourth-order valence-electron chi connectivity index (χ4n) is 1.70. The molecule has 0 bridgehead atoms. The molecule has 0 radical (unpaired) electrons. The Kier molecular flexibility index (Phi) is 5.38. The Bertz CT molecular complexity index is 405. The quantitative estimate of drug-likeness (QED) is 0.886. The molecule has 0 saturated heterocycles. The maximum atomic E-state index is 12.2. The Balaban J connectivity index is 2.87. The van der Waals surface area contributed by atoms with Crippen molar-refractivity contribution in [2.24, 2.45) is 0 Å². The zero-order valence-corrected chi connectivity index (χ0v) is 12.6. The first-order chi connectivity index (χ1) is 8.63. The minimum atomic E-state index is -4.12. The molecule has 0 amide bonds. The van der Waals surface area contributed by atoms with Crippen molar-refractivity contribution in [1.82, 2.24) is 10.3 Å². The molecule has 1 aromatic rings. The van der Waals surface area contributed by atoms with Crippen molar-refractivity contribution in [3.8, 4) is 0 Å². The Morgan fingerprint density at radius 3 is 2.32 bits per heavy atom. The van der Waals surface area contributed by atoms with Gasteiger partial charge in [-0.1, -0.05) is 27.7 Å². The van der Waals surface area contributed by atoms with Gasteiger partial charge in [-0.2, -0.15) is 13.2 Å². The number of aromatic nitrogens is 1. The topological polar surface area (TPSA) is 24.9 Å². The molecule has 0 fully saturated rings. The number of nitrogens with zero attached hydrogens (tertiary/aromatic N) is 1. The Labute approximate surface area is 116 Å². The molecule has 0 unspecified atom stereocenters. The van der Waals surface area contributed by atoms with E-state index in [1.165, 1.54) is 11.3 Å². The van der Waals surface area contributed by atoms with E-state index in [1.807, 2.05) is 27.7 Å². The average molecular weight is 294 g/mol. The van der Waals surface area contributed by atoms with Gasteiger partial charge >= 0.3 is 6.18 Å². The Hall–Kier alpha value is -0.620. The molecule has 1 aromatic heterocycles. The number of nitrogens with one attached hydrogen (secondary N) is 1. The lowest BCUT2D eigenvalue weighted by Crippen LogP contribution is -2.18. The molecular formula is C13H21F3N2S. The second-order valence-corrected chi connectivity index (χ2v) is 6.69. The predicted octanol–water partition coefficient (Wildman–Crippen LogP) is 4.05. The number of halogens is 3. The summed E-state index contributed by atoms with van der Waals surface area (Å²) < 4.78 is 36.7. The predicted molar refractivity (Wildman–Crippen MR) is 72.6 cm³/mol. The van der Waals surface area contributed by atoms with Crippen molar-refractivity contribution >= 4 is 11.3 Å². The van der Waals surface area contributed by atoms with Crippen molar-refractivity contribution in [1.29, 1.82) is 0 Å². The van der Waals surface area contributed by atoms with Crippen LogP contribution >= 0.6 is 11.3 Å². The largest absolute Gasteiger partial charge is 0.389 e. The molecule has 0 aromatic carbocycles. The van der Waals surface area contributed by atoms with Gasteiger partial charge in [0.15, 0.2) is 0 Å². The number of alkyl halides is 3. The lowest BCUT2D eigenvalue weighted by molar-refractivity contribution is -0.134. The van der Waals surface area contributed by atoms with E-state index >= 15 is 0 Å². The first kappa shape index (κ1) is 16.4. The molecule has 0 atom stereocenters. The molecule has 110 valence electrons. The van der Waals surface area contributed by atoms with Crippen molar-refractivity contribution in [3.63, 3.8) is 0 Å². The van der Waals surface area contributed by atoms with Gasteiger partial charge in [-0.05, 0) is 6.54 Å². The Morgan fingerprint density at radius 1 is 1.21 bits per heavy atom. The highest BCUT2D eigenvalue weighted by Crippen LogP contribution is 2.31. The molecule has 0 saturated carbocycles. The fourth-order valence-corrected chi connectivity index (χ4v) is 2.95. The fraction of sp³-hybridized carbons (Fsp3) is 0.769. The molecule has 2 nitrogen and oxygen atoms in total. The maximum absolute atomic E-state index is 12.2. The Morgan fingerprint density at radius 2 is 1.84 bits per heavy atom. The third-order valence-electron chi connectivity index (χ3n) is 2.61. The standard InChI is InChI=1S/C13H21F3N2S/c1-5-17-8-9-11(12(2,3)4)18-10(19-9)6-7-13(14,15)16/h17H,5-8H2,1-4H3. The molecule has 6 heteroatoms. The van der Waals surface area contributed by atoms with Crippen LogP contribution in [-0.4, -0.2) is 17.7 Å². The highest BCUT2D eigenvalue weighted by molar-refractivity contribution is 7.11. The van der Waals surface area contributed by atoms with E-state index < -0.39 is 12.6 Å². The third-order valence-corrected chi connectivity index (χ3v) is 3.73. The van der Waals surface area contributed by atoms with Crippen molar-refractivity contribution in [2.75, 3.05) is 6.54 Å². The number of aryl methyl sites for hydroxylation is 1. The average Bonchev–Trinajstić information content (AvgIpc) is 2.65. The summed E-state index contributed by atoms with van der Waals surface area (Å²) in [5, 5.41) is 3.79. The van der Waals surface area contributed by atoms with Crippen LogP contribution in [0.5, 0.6) is 0 Å². The minimum Gasteiger partial charge on any atom is -0.312 e. The van der Waals surface area contributed by atoms with E-state index in [9.17, 15) is 13.2 Å². The molecular weight excluding hydrogens is 273 g/mol. The molecule has 1 heterocycles. The summed E-state index contributed by atoms with van der Waals surface area (Å²) >= 11 is 1.39. The normalized spacial score (nSPS) is 13.0. The summed E-state index contributed by atoms with van der Waals surface area (Å²) in [6, 6.07) is 0. The summed E-state index contributed by atoms with van der Waals surface area (Å²) in [5.41, 5.74) is 0.771. The lowest BCUT2D eigenvalue weighted by atomic mass is 9.91. The van der Waals surface area contributed by atoms with Crippen LogP contribution in [0.25, 0.3) is 0 Å². The van der Waals surface area contributed by atoms with E-state index in [0.29, 0.717) is 11.6 Å². The van der Waals surface area contributed by atoms with Crippen molar-refractivity contribution in [3.05, 3.63) is 15.6 Å². The van der Waals surface area contributed by atoms with Crippen molar-refractivity contribution in [2.45, 2.75) is 58.7 Å². The van der Waals surface area contributed by atoms with Gasteiger partial charge in [-0.3, -0.25) is 0 Å². The SMILES string of the molecule is CCNCc1sc(CCC(F)(F)F)nc1C(C)(C)C. The molecule has 0 aliphatic carbocycles. The number of hydrogen-bond acceptors (Lipinski definition) is 3. The van der Waals surface area contributed by atoms with Crippen LogP contribution in [0.4, 0.5) is 13.2 Å². The van der Waals surface area contributed by atoms with Crippen LogP contribution in [0.15, 0.2) is 0 Å². The minimum absolute atomic E-state index is 0.0244. The summed E-state index contributed by atoms with van der Waals surface area (Å²) in [5.74, 6) is 0. The molecule has 19 heavy (non-hydrogen) atoms. The summed E-state index contributed by atoms with van der Waals surface area (Å²) in [6.45, 7) is 9.61. The monoisotopic (exact) mass is 294 g/mol.